The van der Waals surface area contributed by atoms with Gasteiger partial charge in [-0.15, -0.1) is 0 Å². The first kappa shape index (κ1) is 29.8. The molecule has 0 radical (unpaired) electrons. The summed E-state index contributed by atoms with van der Waals surface area (Å²) < 4.78 is 24.0. The highest BCUT2D eigenvalue weighted by molar-refractivity contribution is 6.36. The zero-order chi connectivity index (χ0) is 26.3. The van der Waals surface area contributed by atoms with Gasteiger partial charge in [-0.1, -0.05) is 89.5 Å². The van der Waals surface area contributed by atoms with Crippen molar-refractivity contribution < 1.29 is 28.5 Å². The number of hydrogen-bond donors (Lipinski definition) is 0. The topological polar surface area (TPSA) is 71.1 Å². The Kier molecular flexibility index (Phi) is 13.5. The lowest BCUT2D eigenvalue weighted by Crippen LogP contribution is -2.13. The summed E-state index contributed by atoms with van der Waals surface area (Å²) >= 11 is 6.62. The van der Waals surface area contributed by atoms with Crippen molar-refractivity contribution in [2.24, 2.45) is 0 Å². The standard InChI is InChI=1S/C29H41ClO6/c1-5-8-11-13-19-33-28-26(35-21(4)31)22-16-15-17-23(30)25(22)27(36-24(32)18-10-7-3)29(28)34-20-14-12-9-6-2/h15-17H,5-14,18-20H2,1-4H3. The van der Waals surface area contributed by atoms with E-state index in [1.54, 1.807) is 18.2 Å². The minimum Gasteiger partial charge on any atom is -0.486 e. The van der Waals surface area contributed by atoms with Crippen LogP contribution in [0.25, 0.3) is 10.8 Å². The van der Waals surface area contributed by atoms with Crippen molar-refractivity contribution in [1.29, 1.82) is 0 Å². The molecule has 0 bridgehead atoms. The molecule has 2 rings (SSSR count). The van der Waals surface area contributed by atoms with Gasteiger partial charge in [-0.05, 0) is 25.3 Å². The van der Waals surface area contributed by atoms with Gasteiger partial charge in [0.25, 0.3) is 0 Å². The highest BCUT2D eigenvalue weighted by atomic mass is 35.5. The van der Waals surface area contributed by atoms with E-state index in [2.05, 4.69) is 13.8 Å². The van der Waals surface area contributed by atoms with Crippen molar-refractivity contribution >= 4 is 34.3 Å². The molecule has 0 spiro atoms. The molecular weight excluding hydrogens is 480 g/mol. The van der Waals surface area contributed by atoms with E-state index in [0.717, 1.165) is 57.8 Å². The predicted molar refractivity (Wildman–Crippen MR) is 145 cm³/mol. The van der Waals surface area contributed by atoms with Crippen molar-refractivity contribution in [3.8, 4) is 23.0 Å². The molecule has 0 unspecified atom stereocenters. The molecule has 0 heterocycles. The highest BCUT2D eigenvalue weighted by Gasteiger charge is 2.28. The van der Waals surface area contributed by atoms with Gasteiger partial charge in [0.15, 0.2) is 11.5 Å². The zero-order valence-electron chi connectivity index (χ0n) is 22.3. The van der Waals surface area contributed by atoms with Crippen LogP contribution in [0.4, 0.5) is 0 Å². The number of fused-ring (bicyclic) bond motifs is 1. The van der Waals surface area contributed by atoms with Crippen molar-refractivity contribution in [2.45, 2.75) is 98.3 Å². The van der Waals surface area contributed by atoms with E-state index >= 15 is 0 Å². The van der Waals surface area contributed by atoms with Gasteiger partial charge >= 0.3 is 11.9 Å². The third-order valence-electron chi connectivity index (χ3n) is 5.79. The van der Waals surface area contributed by atoms with Crippen LogP contribution in [0, 0.1) is 0 Å². The lowest BCUT2D eigenvalue weighted by molar-refractivity contribution is -0.135. The molecule has 0 N–H and O–H groups in total. The summed E-state index contributed by atoms with van der Waals surface area (Å²) in [6.07, 6.45) is 9.98. The van der Waals surface area contributed by atoms with Crippen molar-refractivity contribution in [3.63, 3.8) is 0 Å². The van der Waals surface area contributed by atoms with E-state index in [4.69, 9.17) is 30.5 Å². The van der Waals surface area contributed by atoms with Gasteiger partial charge in [-0.3, -0.25) is 9.59 Å². The van der Waals surface area contributed by atoms with E-state index in [9.17, 15) is 9.59 Å². The molecule has 2 aromatic carbocycles. The van der Waals surface area contributed by atoms with Crippen LogP contribution in [-0.4, -0.2) is 25.2 Å². The lowest BCUT2D eigenvalue weighted by atomic mass is 10.1. The molecular formula is C29H41ClO6. The number of unbranched alkanes of at least 4 members (excludes halogenated alkanes) is 7. The largest absolute Gasteiger partial charge is 0.486 e. The second-order valence-electron chi connectivity index (χ2n) is 8.97. The number of carbonyl (C=O) groups is 2. The van der Waals surface area contributed by atoms with Crippen LogP contribution in [0.1, 0.15) is 98.3 Å². The summed E-state index contributed by atoms with van der Waals surface area (Å²) in [5.41, 5.74) is 0. The maximum atomic E-state index is 12.8. The fourth-order valence-corrected chi connectivity index (χ4v) is 4.14. The molecule has 0 aliphatic heterocycles. The molecule has 0 aliphatic carbocycles. The maximum absolute atomic E-state index is 12.8. The van der Waals surface area contributed by atoms with Crippen LogP contribution in [-0.2, 0) is 9.59 Å². The average Bonchev–Trinajstić information content (AvgIpc) is 2.85. The van der Waals surface area contributed by atoms with Crippen molar-refractivity contribution in [1.82, 2.24) is 0 Å². The first-order valence-electron chi connectivity index (χ1n) is 13.4. The van der Waals surface area contributed by atoms with E-state index in [1.807, 2.05) is 6.92 Å². The van der Waals surface area contributed by atoms with Crippen LogP contribution >= 0.6 is 11.6 Å². The third-order valence-corrected chi connectivity index (χ3v) is 6.10. The second kappa shape index (κ2) is 16.3. The fraction of sp³-hybridized carbons (Fsp3) is 0.586. The lowest BCUT2D eigenvalue weighted by Gasteiger charge is -2.22. The Morgan fingerprint density at radius 2 is 1.31 bits per heavy atom. The van der Waals surface area contributed by atoms with E-state index in [0.29, 0.717) is 35.4 Å². The van der Waals surface area contributed by atoms with Gasteiger partial charge in [-0.2, -0.15) is 0 Å². The number of carbonyl (C=O) groups excluding carboxylic acids is 2. The van der Waals surface area contributed by atoms with E-state index in [-0.39, 0.29) is 35.4 Å². The Morgan fingerprint density at radius 1 is 0.722 bits per heavy atom. The van der Waals surface area contributed by atoms with Gasteiger partial charge in [0, 0.05) is 18.7 Å². The Hall–Kier alpha value is -2.47. The minimum absolute atomic E-state index is 0.214. The highest BCUT2D eigenvalue weighted by Crippen LogP contribution is 2.53. The molecule has 200 valence electrons. The number of ether oxygens (including phenoxy) is 4. The molecule has 0 saturated heterocycles. The molecule has 7 heteroatoms. The summed E-state index contributed by atoms with van der Waals surface area (Å²) in [7, 11) is 0. The summed E-state index contributed by atoms with van der Waals surface area (Å²) in [6, 6.07) is 5.25. The Bertz CT molecular complexity index is 988. The molecule has 0 aromatic heterocycles. The van der Waals surface area contributed by atoms with Gasteiger partial charge < -0.3 is 18.9 Å². The average molecular weight is 521 g/mol. The summed E-state index contributed by atoms with van der Waals surface area (Å²) in [4.78, 5) is 24.8. The minimum atomic E-state index is -0.492. The second-order valence-corrected chi connectivity index (χ2v) is 9.38. The molecule has 0 saturated carbocycles. The normalized spacial score (nSPS) is 10.9. The number of benzene rings is 2. The number of esters is 2. The van der Waals surface area contributed by atoms with Crippen LogP contribution in [0.2, 0.25) is 5.02 Å². The molecule has 0 atom stereocenters. The Balaban J connectivity index is 2.64. The van der Waals surface area contributed by atoms with E-state index in [1.165, 1.54) is 6.92 Å². The first-order valence-corrected chi connectivity index (χ1v) is 13.7. The number of hydrogen-bond acceptors (Lipinski definition) is 6. The quantitative estimate of drug-likeness (QED) is 0.118. The monoisotopic (exact) mass is 520 g/mol. The molecule has 0 aliphatic rings. The van der Waals surface area contributed by atoms with E-state index < -0.39 is 5.97 Å². The Morgan fingerprint density at radius 3 is 1.86 bits per heavy atom. The van der Waals surface area contributed by atoms with Gasteiger partial charge in [-0.25, -0.2) is 0 Å². The molecule has 2 aromatic rings. The van der Waals surface area contributed by atoms with Crippen LogP contribution in [0.3, 0.4) is 0 Å². The number of rotatable bonds is 17. The van der Waals surface area contributed by atoms with Crippen LogP contribution < -0.4 is 18.9 Å². The number of halogens is 1. The summed E-state index contributed by atoms with van der Waals surface area (Å²) in [6.45, 7) is 8.47. The van der Waals surface area contributed by atoms with Gasteiger partial charge in [0.2, 0.25) is 11.5 Å². The third kappa shape index (κ3) is 8.88. The molecule has 36 heavy (non-hydrogen) atoms. The Labute approximate surface area is 220 Å². The van der Waals surface area contributed by atoms with Crippen LogP contribution in [0.15, 0.2) is 18.2 Å². The molecule has 6 nitrogen and oxygen atoms in total. The predicted octanol–water partition coefficient (Wildman–Crippen LogP) is 8.43. The fourth-order valence-electron chi connectivity index (χ4n) is 3.88. The zero-order valence-corrected chi connectivity index (χ0v) is 23.0. The first-order chi connectivity index (χ1) is 17.4. The smallest absolute Gasteiger partial charge is 0.311 e. The molecule has 0 fully saturated rings. The van der Waals surface area contributed by atoms with Gasteiger partial charge in [0.05, 0.1) is 23.6 Å². The summed E-state index contributed by atoms with van der Waals surface area (Å²) in [5.74, 6) is 0.102. The van der Waals surface area contributed by atoms with Crippen molar-refractivity contribution in [3.05, 3.63) is 23.2 Å². The summed E-state index contributed by atoms with van der Waals surface area (Å²) in [5, 5.41) is 1.35. The maximum Gasteiger partial charge on any atom is 0.311 e. The SMILES string of the molecule is CCCCCCOc1c(OCCCCCC)c(OC(=O)CCCC)c2c(Cl)cccc2c1OC(C)=O. The van der Waals surface area contributed by atoms with Crippen LogP contribution in [0.5, 0.6) is 23.0 Å². The molecule has 0 amide bonds. The van der Waals surface area contributed by atoms with Gasteiger partial charge in [0.1, 0.15) is 0 Å². The van der Waals surface area contributed by atoms with Crippen molar-refractivity contribution in [2.75, 3.05) is 13.2 Å².